The van der Waals surface area contributed by atoms with Crippen LogP contribution in [0.25, 0.3) is 0 Å². The molecule has 1 aromatic carbocycles. The van der Waals surface area contributed by atoms with E-state index in [0.29, 0.717) is 48.5 Å². The molecule has 5 rings (SSSR count). The standard InChI is InChI=1S/C24H28ClN3O5/c1-23(2,3)33-22(29)28-11-10-27(17-13-30-14-18(17)28)16-6-5-7-19-21(16)32-24(4,31-19)20-9-8-15(25)12-26-20/h5-9,12,17-18H,10-11,13-14H2,1-4H3/t17-,18+,24?/m0/s1. The summed E-state index contributed by atoms with van der Waals surface area (Å²) in [6, 6.07) is 9.31. The van der Waals surface area contributed by atoms with E-state index in [2.05, 4.69) is 9.88 Å². The van der Waals surface area contributed by atoms with E-state index in [4.69, 9.17) is 30.5 Å². The largest absolute Gasteiger partial charge is 0.444 e. The zero-order valence-electron chi connectivity index (χ0n) is 19.2. The van der Waals surface area contributed by atoms with Crippen LogP contribution in [0.15, 0.2) is 36.5 Å². The molecule has 176 valence electrons. The third kappa shape index (κ3) is 4.06. The van der Waals surface area contributed by atoms with E-state index in [9.17, 15) is 4.79 Å². The van der Waals surface area contributed by atoms with E-state index >= 15 is 0 Å². The van der Waals surface area contributed by atoms with Gasteiger partial charge in [0.2, 0.25) is 0 Å². The van der Waals surface area contributed by atoms with Crippen LogP contribution in [-0.2, 0) is 15.3 Å². The lowest BCUT2D eigenvalue weighted by atomic mass is 10.0. The van der Waals surface area contributed by atoms with Crippen LogP contribution < -0.4 is 14.4 Å². The molecule has 1 aromatic heterocycles. The summed E-state index contributed by atoms with van der Waals surface area (Å²) in [7, 11) is 0. The third-order valence-electron chi connectivity index (χ3n) is 6.09. The first kappa shape index (κ1) is 22.1. The molecule has 0 bridgehead atoms. The second-order valence-electron chi connectivity index (χ2n) is 9.66. The Morgan fingerprint density at radius 1 is 1.15 bits per heavy atom. The van der Waals surface area contributed by atoms with Crippen LogP contribution in [-0.4, -0.2) is 60.0 Å². The number of halogens is 1. The lowest BCUT2D eigenvalue weighted by molar-refractivity contribution is -0.0716. The fourth-order valence-corrected chi connectivity index (χ4v) is 4.72. The number of carbonyl (C=O) groups excluding carboxylic acids is 1. The van der Waals surface area contributed by atoms with Crippen molar-refractivity contribution >= 4 is 23.4 Å². The molecule has 0 N–H and O–H groups in total. The smallest absolute Gasteiger partial charge is 0.410 e. The van der Waals surface area contributed by atoms with Crippen molar-refractivity contribution in [1.82, 2.24) is 9.88 Å². The van der Waals surface area contributed by atoms with Crippen molar-refractivity contribution in [2.75, 3.05) is 31.2 Å². The number of piperazine rings is 1. The van der Waals surface area contributed by atoms with Gasteiger partial charge in [-0.3, -0.25) is 9.88 Å². The highest BCUT2D eigenvalue weighted by molar-refractivity contribution is 6.30. The second kappa shape index (κ2) is 7.95. The van der Waals surface area contributed by atoms with Crippen molar-refractivity contribution in [3.8, 4) is 11.5 Å². The van der Waals surface area contributed by atoms with Gasteiger partial charge in [-0.25, -0.2) is 4.79 Å². The number of rotatable bonds is 2. The molecule has 1 amide bonds. The molecule has 0 aliphatic carbocycles. The van der Waals surface area contributed by atoms with Crippen LogP contribution in [0, 0.1) is 0 Å². The third-order valence-corrected chi connectivity index (χ3v) is 6.32. The summed E-state index contributed by atoms with van der Waals surface area (Å²) in [5, 5.41) is 0.550. The van der Waals surface area contributed by atoms with Crippen molar-refractivity contribution < 1.29 is 23.7 Å². The molecular formula is C24H28ClN3O5. The maximum atomic E-state index is 12.8. The number of anilines is 1. The molecule has 1 unspecified atom stereocenters. The number of benzene rings is 1. The van der Waals surface area contributed by atoms with Gasteiger partial charge in [0.05, 0.1) is 36.0 Å². The molecule has 0 radical (unpaired) electrons. The first-order chi connectivity index (χ1) is 15.6. The first-order valence-electron chi connectivity index (χ1n) is 11.1. The summed E-state index contributed by atoms with van der Waals surface area (Å²) >= 11 is 6.00. The van der Waals surface area contributed by atoms with Crippen LogP contribution in [0.4, 0.5) is 10.5 Å². The van der Waals surface area contributed by atoms with Gasteiger partial charge in [0.15, 0.2) is 11.5 Å². The van der Waals surface area contributed by atoms with Crippen LogP contribution in [0.3, 0.4) is 0 Å². The van der Waals surface area contributed by atoms with Gasteiger partial charge in [-0.15, -0.1) is 0 Å². The quantitative estimate of drug-likeness (QED) is 0.647. The number of nitrogens with zero attached hydrogens (tertiary/aromatic N) is 3. The maximum absolute atomic E-state index is 12.8. The fourth-order valence-electron chi connectivity index (χ4n) is 4.61. The van der Waals surface area contributed by atoms with Crippen LogP contribution in [0.5, 0.6) is 11.5 Å². The van der Waals surface area contributed by atoms with Crippen molar-refractivity contribution in [2.24, 2.45) is 0 Å². The van der Waals surface area contributed by atoms with Gasteiger partial charge in [-0.2, -0.15) is 0 Å². The molecule has 33 heavy (non-hydrogen) atoms. The minimum Gasteiger partial charge on any atom is -0.444 e. The lowest BCUT2D eigenvalue weighted by Crippen LogP contribution is -2.61. The maximum Gasteiger partial charge on any atom is 0.410 e. The van der Waals surface area contributed by atoms with Gasteiger partial charge in [0.25, 0.3) is 5.79 Å². The molecule has 2 aromatic rings. The molecule has 3 atom stereocenters. The van der Waals surface area contributed by atoms with Crippen molar-refractivity contribution in [2.45, 2.75) is 51.2 Å². The Balaban J connectivity index is 1.41. The Morgan fingerprint density at radius 2 is 1.94 bits per heavy atom. The monoisotopic (exact) mass is 473 g/mol. The number of amides is 1. The summed E-state index contributed by atoms with van der Waals surface area (Å²) in [5.41, 5.74) is 0.995. The molecule has 0 spiro atoms. The molecule has 3 aliphatic heterocycles. The molecule has 3 aliphatic rings. The summed E-state index contributed by atoms with van der Waals surface area (Å²) in [6.07, 6.45) is 1.27. The van der Waals surface area contributed by atoms with Crippen LogP contribution in [0.2, 0.25) is 5.02 Å². The van der Waals surface area contributed by atoms with Gasteiger partial charge < -0.3 is 23.8 Å². The minimum atomic E-state index is -1.06. The van der Waals surface area contributed by atoms with Gasteiger partial charge in [-0.05, 0) is 45.0 Å². The van der Waals surface area contributed by atoms with Crippen molar-refractivity contribution in [1.29, 1.82) is 0 Å². The SMILES string of the molecule is CC(C)(C)OC(=O)N1CCN(c2cccc3c2OC(C)(c2ccc(Cl)cn2)O3)[C@H]2COC[C@H]21. The Bertz CT molecular complexity index is 1060. The van der Waals surface area contributed by atoms with E-state index < -0.39 is 11.4 Å². The van der Waals surface area contributed by atoms with E-state index in [-0.39, 0.29) is 18.2 Å². The fraction of sp³-hybridized carbons (Fsp3) is 0.500. The lowest BCUT2D eigenvalue weighted by Gasteiger charge is -2.44. The zero-order chi connectivity index (χ0) is 23.4. The average Bonchev–Trinajstić information content (AvgIpc) is 3.36. The summed E-state index contributed by atoms with van der Waals surface area (Å²) in [6.45, 7) is 9.61. The number of ether oxygens (including phenoxy) is 4. The first-order valence-corrected chi connectivity index (χ1v) is 11.5. The molecule has 2 saturated heterocycles. The summed E-state index contributed by atoms with van der Waals surface area (Å²) < 4.78 is 24.0. The number of hydrogen-bond acceptors (Lipinski definition) is 7. The minimum absolute atomic E-state index is 0.0121. The van der Waals surface area contributed by atoms with E-state index in [1.54, 1.807) is 23.2 Å². The molecule has 2 fully saturated rings. The molecule has 4 heterocycles. The Kier molecular flexibility index (Phi) is 5.33. The predicted octanol–water partition coefficient (Wildman–Crippen LogP) is 4.20. The highest BCUT2D eigenvalue weighted by Crippen LogP contribution is 2.50. The number of fused-ring (bicyclic) bond motifs is 2. The summed E-state index contributed by atoms with van der Waals surface area (Å²) in [4.78, 5) is 21.3. The molecule has 8 nitrogen and oxygen atoms in total. The normalized spacial score (nSPS) is 26.3. The predicted molar refractivity (Wildman–Crippen MR) is 123 cm³/mol. The Labute approximate surface area is 198 Å². The van der Waals surface area contributed by atoms with Crippen molar-refractivity contribution in [3.05, 3.63) is 47.2 Å². The number of aromatic nitrogens is 1. The highest BCUT2D eigenvalue weighted by atomic mass is 35.5. The van der Waals surface area contributed by atoms with E-state index in [1.165, 1.54) is 0 Å². The average molecular weight is 474 g/mol. The molecule has 0 saturated carbocycles. The Morgan fingerprint density at radius 3 is 2.67 bits per heavy atom. The highest BCUT2D eigenvalue weighted by Gasteiger charge is 2.47. The van der Waals surface area contributed by atoms with E-state index in [0.717, 1.165) is 5.69 Å². The number of carbonyl (C=O) groups is 1. The van der Waals surface area contributed by atoms with Gasteiger partial charge in [0, 0.05) is 26.2 Å². The second-order valence-corrected chi connectivity index (χ2v) is 10.1. The molecular weight excluding hydrogens is 446 g/mol. The number of hydrogen-bond donors (Lipinski definition) is 0. The van der Waals surface area contributed by atoms with Gasteiger partial charge in [0.1, 0.15) is 11.3 Å². The van der Waals surface area contributed by atoms with E-state index in [1.807, 2.05) is 45.9 Å². The number of pyridine rings is 1. The van der Waals surface area contributed by atoms with Gasteiger partial charge >= 0.3 is 6.09 Å². The Hall–Kier alpha value is -2.71. The zero-order valence-corrected chi connectivity index (χ0v) is 20.0. The topological polar surface area (TPSA) is 73.4 Å². The van der Waals surface area contributed by atoms with Crippen molar-refractivity contribution in [3.63, 3.8) is 0 Å². The number of para-hydroxylation sites is 1. The summed E-state index contributed by atoms with van der Waals surface area (Å²) in [5.74, 6) is 0.248. The van der Waals surface area contributed by atoms with Crippen LogP contribution >= 0.6 is 11.6 Å². The van der Waals surface area contributed by atoms with Gasteiger partial charge in [-0.1, -0.05) is 17.7 Å². The molecule has 9 heteroatoms. The van der Waals surface area contributed by atoms with Crippen LogP contribution in [0.1, 0.15) is 33.4 Å².